The van der Waals surface area contributed by atoms with Crippen molar-refractivity contribution in [3.05, 3.63) is 42.0 Å². The van der Waals surface area contributed by atoms with Crippen molar-refractivity contribution in [2.24, 2.45) is 18.9 Å². The number of aryl methyl sites for hydroxylation is 1. The Kier molecular flexibility index (Phi) is 4.23. The molecule has 0 aliphatic carbocycles. The molecule has 3 aliphatic heterocycles. The summed E-state index contributed by atoms with van der Waals surface area (Å²) >= 11 is 0. The minimum absolute atomic E-state index is 0.0645. The number of rotatable bonds is 4. The van der Waals surface area contributed by atoms with Crippen LogP contribution >= 0.6 is 0 Å². The van der Waals surface area contributed by atoms with Crippen LogP contribution in [0.1, 0.15) is 15.9 Å². The van der Waals surface area contributed by atoms with E-state index in [9.17, 15) is 9.59 Å². The van der Waals surface area contributed by atoms with Crippen LogP contribution in [0, 0.1) is 17.7 Å². The van der Waals surface area contributed by atoms with Gasteiger partial charge in [-0.25, -0.2) is 9.37 Å². The molecule has 2 fully saturated rings. The molecule has 2 aromatic heterocycles. The van der Waals surface area contributed by atoms with Crippen LogP contribution in [0.15, 0.2) is 25.0 Å². The summed E-state index contributed by atoms with van der Waals surface area (Å²) in [4.78, 5) is 32.5. The zero-order chi connectivity index (χ0) is 21.0. The van der Waals surface area contributed by atoms with Crippen LogP contribution < -0.4 is 15.5 Å². The molecule has 156 valence electrons. The van der Waals surface area contributed by atoms with Gasteiger partial charge >= 0.3 is 0 Å². The first-order valence-electron chi connectivity index (χ1n) is 9.87. The van der Waals surface area contributed by atoms with Gasteiger partial charge in [0.1, 0.15) is 5.82 Å². The number of likely N-dealkylation sites (tertiary alicyclic amines) is 1. The molecule has 10 heteroatoms. The highest BCUT2D eigenvalue weighted by Crippen LogP contribution is 2.38. The second kappa shape index (κ2) is 6.82. The van der Waals surface area contributed by atoms with E-state index in [-0.39, 0.29) is 41.6 Å². The first-order valence-corrected chi connectivity index (χ1v) is 9.87. The van der Waals surface area contributed by atoms with Gasteiger partial charge in [0.05, 0.1) is 17.4 Å². The topological polar surface area (TPSA) is 95.4 Å². The molecule has 0 bridgehead atoms. The van der Waals surface area contributed by atoms with Crippen LogP contribution in [0.4, 0.5) is 21.7 Å². The monoisotopic (exact) mass is 411 g/mol. The molecule has 2 unspecified atom stereocenters. The number of hydrogen-bond acceptors (Lipinski definition) is 6. The number of nitrogens with one attached hydrogen (secondary N) is 2. The summed E-state index contributed by atoms with van der Waals surface area (Å²) in [5.74, 6) is 0.226. The zero-order valence-electron chi connectivity index (χ0n) is 16.6. The van der Waals surface area contributed by atoms with Crippen molar-refractivity contribution < 1.29 is 14.0 Å². The van der Waals surface area contributed by atoms with E-state index in [4.69, 9.17) is 0 Å². The number of halogens is 1. The predicted molar refractivity (Wildman–Crippen MR) is 108 cm³/mol. The lowest BCUT2D eigenvalue weighted by Crippen LogP contribution is -2.33. The number of pyridine rings is 1. The molecule has 3 aliphatic rings. The molecule has 2 aromatic rings. The van der Waals surface area contributed by atoms with Crippen LogP contribution in [-0.2, 0) is 18.4 Å². The van der Waals surface area contributed by atoms with Crippen molar-refractivity contribution >= 4 is 29.1 Å². The Morgan fingerprint density at radius 1 is 1.33 bits per heavy atom. The van der Waals surface area contributed by atoms with Gasteiger partial charge in [0.2, 0.25) is 5.91 Å². The van der Waals surface area contributed by atoms with E-state index in [2.05, 4.69) is 27.3 Å². The number of nitrogens with zero attached hydrogens (tertiary/aromatic N) is 5. The summed E-state index contributed by atoms with van der Waals surface area (Å²) in [7, 11) is 1.79. The Hall–Kier alpha value is -3.43. The Balaban J connectivity index is 1.45. The quantitative estimate of drug-likeness (QED) is 0.730. The van der Waals surface area contributed by atoms with E-state index in [1.807, 2.05) is 4.90 Å². The lowest BCUT2D eigenvalue weighted by atomic mass is 10.0. The van der Waals surface area contributed by atoms with Crippen molar-refractivity contribution in [3.63, 3.8) is 0 Å². The van der Waals surface area contributed by atoms with Crippen LogP contribution in [0.25, 0.3) is 0 Å². The second-order valence-corrected chi connectivity index (χ2v) is 8.03. The lowest BCUT2D eigenvalue weighted by Gasteiger charge is -2.23. The SMILES string of the molecule is C=CC(=O)N1CC2CN(c3nc(Nc4cnn(C)c4)c4c(c3F)CNC4=O)CC2C1. The van der Waals surface area contributed by atoms with E-state index < -0.39 is 5.82 Å². The molecule has 0 saturated carbocycles. The van der Waals surface area contributed by atoms with Crippen molar-refractivity contribution in [1.29, 1.82) is 0 Å². The van der Waals surface area contributed by atoms with E-state index in [0.717, 1.165) is 0 Å². The number of anilines is 3. The molecule has 0 radical (unpaired) electrons. The largest absolute Gasteiger partial charge is 0.353 e. The maximum Gasteiger partial charge on any atom is 0.255 e. The Morgan fingerprint density at radius 2 is 2.07 bits per heavy atom. The van der Waals surface area contributed by atoms with Gasteiger partial charge in [0, 0.05) is 63.4 Å². The molecule has 2 N–H and O–H groups in total. The molecule has 2 amide bonds. The smallest absolute Gasteiger partial charge is 0.255 e. The highest BCUT2D eigenvalue weighted by atomic mass is 19.1. The lowest BCUT2D eigenvalue weighted by molar-refractivity contribution is -0.125. The predicted octanol–water partition coefficient (Wildman–Crippen LogP) is 1.02. The van der Waals surface area contributed by atoms with Crippen LogP contribution in [0.3, 0.4) is 0 Å². The molecule has 0 aromatic carbocycles. The summed E-state index contributed by atoms with van der Waals surface area (Å²) in [5, 5.41) is 9.91. The molecule has 30 heavy (non-hydrogen) atoms. The zero-order valence-corrected chi connectivity index (χ0v) is 16.6. The summed E-state index contributed by atoms with van der Waals surface area (Å²) < 4.78 is 17.0. The number of carbonyl (C=O) groups excluding carboxylic acids is 2. The van der Waals surface area contributed by atoms with Gasteiger partial charge in [-0.15, -0.1) is 0 Å². The molecule has 5 heterocycles. The Bertz CT molecular complexity index is 1050. The molecule has 9 nitrogen and oxygen atoms in total. The standard InChI is InChI=1S/C20H22FN7O2/c1-3-15(29)27-6-11-8-28(9-12(11)7-27)19-17(21)14-5-22-20(30)16(14)18(25-19)24-13-4-23-26(2)10-13/h3-4,10-12H,1,5-9H2,2H3,(H,22,30)(H,24,25). The van der Waals surface area contributed by atoms with Gasteiger partial charge in [-0.1, -0.05) is 6.58 Å². The van der Waals surface area contributed by atoms with Crippen LogP contribution in [-0.4, -0.2) is 57.7 Å². The van der Waals surface area contributed by atoms with Gasteiger partial charge in [0.25, 0.3) is 5.91 Å². The molecular formula is C20H22FN7O2. The average Bonchev–Trinajstić information content (AvgIpc) is 3.47. The summed E-state index contributed by atoms with van der Waals surface area (Å²) in [6.45, 7) is 6.19. The summed E-state index contributed by atoms with van der Waals surface area (Å²) in [5.41, 5.74) is 1.24. The van der Waals surface area contributed by atoms with E-state index in [0.29, 0.717) is 43.2 Å². The van der Waals surface area contributed by atoms with Crippen LogP contribution in [0.5, 0.6) is 0 Å². The Labute approximate surface area is 172 Å². The minimum atomic E-state index is -0.459. The molecular weight excluding hydrogens is 389 g/mol. The summed E-state index contributed by atoms with van der Waals surface area (Å²) in [6.07, 6.45) is 4.71. The fourth-order valence-electron chi connectivity index (χ4n) is 4.66. The van der Waals surface area contributed by atoms with Gasteiger partial charge in [0.15, 0.2) is 11.6 Å². The van der Waals surface area contributed by atoms with Crippen molar-refractivity contribution in [2.75, 3.05) is 36.4 Å². The fraction of sp³-hybridized carbons (Fsp3) is 0.400. The van der Waals surface area contributed by atoms with Crippen molar-refractivity contribution in [3.8, 4) is 0 Å². The fourth-order valence-corrected chi connectivity index (χ4v) is 4.66. The van der Waals surface area contributed by atoms with Crippen molar-refractivity contribution in [1.82, 2.24) is 25.0 Å². The average molecular weight is 411 g/mol. The maximum atomic E-state index is 15.3. The molecule has 2 atom stereocenters. The van der Waals surface area contributed by atoms with Gasteiger partial charge in [-0.2, -0.15) is 5.10 Å². The third-order valence-electron chi connectivity index (χ3n) is 6.11. The molecule has 5 rings (SSSR count). The van der Waals surface area contributed by atoms with Crippen LogP contribution in [0.2, 0.25) is 0 Å². The van der Waals surface area contributed by atoms with E-state index >= 15 is 4.39 Å². The molecule has 2 saturated heterocycles. The second-order valence-electron chi connectivity index (χ2n) is 8.03. The van der Waals surface area contributed by atoms with Crippen molar-refractivity contribution in [2.45, 2.75) is 6.54 Å². The number of carbonyl (C=O) groups is 2. The highest BCUT2D eigenvalue weighted by molar-refractivity contribution is 6.03. The van der Waals surface area contributed by atoms with E-state index in [1.165, 1.54) is 6.08 Å². The van der Waals surface area contributed by atoms with E-state index in [1.54, 1.807) is 29.0 Å². The first kappa shape index (κ1) is 18.6. The highest BCUT2D eigenvalue weighted by Gasteiger charge is 2.43. The maximum absolute atomic E-state index is 15.3. The Morgan fingerprint density at radius 3 is 2.70 bits per heavy atom. The number of fused-ring (bicyclic) bond motifs is 2. The van der Waals surface area contributed by atoms with Gasteiger partial charge in [-0.3, -0.25) is 14.3 Å². The first-order chi connectivity index (χ1) is 14.4. The minimum Gasteiger partial charge on any atom is -0.353 e. The number of hydrogen-bond donors (Lipinski definition) is 2. The van der Waals surface area contributed by atoms with Gasteiger partial charge < -0.3 is 20.4 Å². The third-order valence-corrected chi connectivity index (χ3v) is 6.11. The third kappa shape index (κ3) is 2.90. The molecule has 0 spiro atoms. The number of aromatic nitrogens is 3. The normalized spacial score (nSPS) is 22.1. The number of amides is 2. The summed E-state index contributed by atoms with van der Waals surface area (Å²) in [6, 6.07) is 0. The van der Waals surface area contributed by atoms with Gasteiger partial charge in [-0.05, 0) is 6.08 Å².